The summed E-state index contributed by atoms with van der Waals surface area (Å²) >= 11 is 0. The standard InChI is InChI=1S/C12H13N3/c1-12(2,7-13)6-9-3-4-10-11(5-9)15-8-14-10/h3-5,8H,6H2,1-2H3,(H,14,15). The summed E-state index contributed by atoms with van der Waals surface area (Å²) in [6.07, 6.45) is 2.45. The molecule has 2 aromatic rings. The van der Waals surface area contributed by atoms with Crippen LogP contribution in [0.1, 0.15) is 19.4 Å². The SMILES string of the molecule is CC(C)(C#N)Cc1ccc2nc[nH]c2c1. The third kappa shape index (κ3) is 1.99. The first-order chi connectivity index (χ1) is 7.11. The van der Waals surface area contributed by atoms with Gasteiger partial charge in [-0.3, -0.25) is 0 Å². The molecular formula is C12H13N3. The number of nitriles is 1. The fourth-order valence-electron chi connectivity index (χ4n) is 1.64. The monoisotopic (exact) mass is 199 g/mol. The van der Waals surface area contributed by atoms with Crippen molar-refractivity contribution < 1.29 is 0 Å². The summed E-state index contributed by atoms with van der Waals surface area (Å²) < 4.78 is 0. The van der Waals surface area contributed by atoms with Crippen LogP contribution in [0.4, 0.5) is 0 Å². The normalized spacial score (nSPS) is 11.5. The number of hydrogen-bond donors (Lipinski definition) is 1. The topological polar surface area (TPSA) is 52.5 Å². The Kier molecular flexibility index (Phi) is 2.20. The molecule has 3 heteroatoms. The van der Waals surface area contributed by atoms with Crippen LogP contribution in [-0.2, 0) is 6.42 Å². The van der Waals surface area contributed by atoms with E-state index >= 15 is 0 Å². The van der Waals surface area contributed by atoms with Gasteiger partial charge in [-0.1, -0.05) is 6.07 Å². The van der Waals surface area contributed by atoms with Gasteiger partial charge in [-0.15, -0.1) is 0 Å². The summed E-state index contributed by atoms with van der Waals surface area (Å²) in [6.45, 7) is 3.90. The minimum atomic E-state index is -0.312. The fraction of sp³-hybridized carbons (Fsp3) is 0.333. The molecule has 15 heavy (non-hydrogen) atoms. The van der Waals surface area contributed by atoms with Gasteiger partial charge in [0.15, 0.2) is 0 Å². The van der Waals surface area contributed by atoms with Crippen LogP contribution in [0, 0.1) is 16.7 Å². The van der Waals surface area contributed by atoms with Crippen LogP contribution >= 0.6 is 0 Å². The first kappa shape index (κ1) is 9.72. The van der Waals surface area contributed by atoms with E-state index in [0.717, 1.165) is 17.5 Å². The maximum atomic E-state index is 8.96. The van der Waals surface area contributed by atoms with E-state index in [2.05, 4.69) is 22.1 Å². The summed E-state index contributed by atoms with van der Waals surface area (Å²) in [5, 5.41) is 8.96. The maximum absolute atomic E-state index is 8.96. The van der Waals surface area contributed by atoms with Gasteiger partial charge < -0.3 is 4.98 Å². The lowest BCUT2D eigenvalue weighted by Gasteiger charge is -2.14. The van der Waals surface area contributed by atoms with Crippen molar-refractivity contribution in [3.63, 3.8) is 0 Å². The predicted octanol–water partition coefficient (Wildman–Crippen LogP) is 2.66. The number of aromatic amines is 1. The lowest BCUT2D eigenvalue weighted by Crippen LogP contribution is -2.11. The van der Waals surface area contributed by atoms with Gasteiger partial charge in [-0.2, -0.15) is 5.26 Å². The minimum absolute atomic E-state index is 0.312. The molecule has 0 aliphatic carbocycles. The Labute approximate surface area is 88.8 Å². The highest BCUT2D eigenvalue weighted by atomic mass is 14.9. The second-order valence-corrected chi connectivity index (χ2v) is 4.43. The molecular weight excluding hydrogens is 186 g/mol. The molecule has 0 atom stereocenters. The summed E-state index contributed by atoms with van der Waals surface area (Å²) in [6, 6.07) is 8.37. The van der Waals surface area contributed by atoms with Gasteiger partial charge in [0.25, 0.3) is 0 Å². The van der Waals surface area contributed by atoms with Gasteiger partial charge in [-0.05, 0) is 38.0 Å². The third-order valence-corrected chi connectivity index (χ3v) is 2.43. The van der Waals surface area contributed by atoms with Gasteiger partial charge in [0.05, 0.1) is 28.8 Å². The highest BCUT2D eigenvalue weighted by Crippen LogP contribution is 2.22. The number of hydrogen-bond acceptors (Lipinski definition) is 2. The van der Waals surface area contributed by atoms with E-state index in [4.69, 9.17) is 5.26 Å². The molecule has 0 fully saturated rings. The number of H-pyrrole nitrogens is 1. The first-order valence-corrected chi connectivity index (χ1v) is 4.94. The van der Waals surface area contributed by atoms with E-state index in [0.29, 0.717) is 0 Å². The summed E-state index contributed by atoms with van der Waals surface area (Å²) in [7, 11) is 0. The molecule has 0 radical (unpaired) electrons. The van der Waals surface area contributed by atoms with Crippen LogP contribution < -0.4 is 0 Å². The van der Waals surface area contributed by atoms with Gasteiger partial charge in [0.2, 0.25) is 0 Å². The largest absolute Gasteiger partial charge is 0.345 e. The molecule has 0 aliphatic heterocycles. The molecule has 2 rings (SSSR count). The number of nitrogens with one attached hydrogen (secondary N) is 1. The van der Waals surface area contributed by atoms with Crippen molar-refractivity contribution >= 4 is 11.0 Å². The van der Waals surface area contributed by atoms with Crippen LogP contribution in [0.2, 0.25) is 0 Å². The highest BCUT2D eigenvalue weighted by molar-refractivity contribution is 5.75. The van der Waals surface area contributed by atoms with E-state index in [1.165, 1.54) is 5.56 Å². The number of nitrogens with zero attached hydrogens (tertiary/aromatic N) is 2. The van der Waals surface area contributed by atoms with E-state index in [9.17, 15) is 0 Å². The Morgan fingerprint density at radius 1 is 1.47 bits per heavy atom. The van der Waals surface area contributed by atoms with Crippen LogP contribution in [0.15, 0.2) is 24.5 Å². The molecule has 1 heterocycles. The molecule has 1 aromatic carbocycles. The average Bonchev–Trinajstić information content (AvgIpc) is 2.64. The molecule has 3 nitrogen and oxygen atoms in total. The van der Waals surface area contributed by atoms with E-state index in [1.807, 2.05) is 26.0 Å². The molecule has 0 saturated carbocycles. The quantitative estimate of drug-likeness (QED) is 0.808. The Morgan fingerprint density at radius 2 is 2.27 bits per heavy atom. The minimum Gasteiger partial charge on any atom is -0.345 e. The Hall–Kier alpha value is -1.82. The number of imidazole rings is 1. The summed E-state index contributed by atoms with van der Waals surface area (Å²) in [5.41, 5.74) is 2.85. The summed E-state index contributed by atoms with van der Waals surface area (Å²) in [4.78, 5) is 7.23. The summed E-state index contributed by atoms with van der Waals surface area (Å²) in [5.74, 6) is 0. The van der Waals surface area contributed by atoms with Crippen molar-refractivity contribution in [3.8, 4) is 6.07 Å². The number of rotatable bonds is 2. The molecule has 0 amide bonds. The molecule has 0 aliphatic rings. The third-order valence-electron chi connectivity index (χ3n) is 2.43. The van der Waals surface area contributed by atoms with Crippen LogP contribution in [0.5, 0.6) is 0 Å². The van der Waals surface area contributed by atoms with Crippen LogP contribution in [-0.4, -0.2) is 9.97 Å². The first-order valence-electron chi connectivity index (χ1n) is 4.94. The van der Waals surface area contributed by atoms with E-state index < -0.39 is 0 Å². The number of benzene rings is 1. The Balaban J connectivity index is 2.33. The highest BCUT2D eigenvalue weighted by Gasteiger charge is 2.17. The molecule has 1 aromatic heterocycles. The Morgan fingerprint density at radius 3 is 3.00 bits per heavy atom. The predicted molar refractivity (Wildman–Crippen MR) is 59.2 cm³/mol. The van der Waals surface area contributed by atoms with Crippen molar-refractivity contribution in [3.05, 3.63) is 30.1 Å². The van der Waals surface area contributed by atoms with E-state index in [-0.39, 0.29) is 5.41 Å². The van der Waals surface area contributed by atoms with E-state index in [1.54, 1.807) is 6.33 Å². The zero-order chi connectivity index (χ0) is 10.9. The van der Waals surface area contributed by atoms with Gasteiger partial charge in [0.1, 0.15) is 0 Å². The second-order valence-electron chi connectivity index (χ2n) is 4.43. The molecule has 0 saturated heterocycles. The lowest BCUT2D eigenvalue weighted by molar-refractivity contribution is 0.494. The fourth-order valence-corrected chi connectivity index (χ4v) is 1.64. The second kappa shape index (κ2) is 3.39. The van der Waals surface area contributed by atoms with Crippen molar-refractivity contribution in [2.75, 3.05) is 0 Å². The Bertz CT molecular complexity index is 517. The zero-order valence-electron chi connectivity index (χ0n) is 8.91. The molecule has 76 valence electrons. The number of aromatic nitrogens is 2. The molecule has 0 spiro atoms. The molecule has 1 N–H and O–H groups in total. The van der Waals surface area contributed by atoms with Crippen molar-refractivity contribution in [2.45, 2.75) is 20.3 Å². The smallest absolute Gasteiger partial charge is 0.0931 e. The van der Waals surface area contributed by atoms with Gasteiger partial charge in [-0.25, -0.2) is 4.98 Å². The molecule has 0 bridgehead atoms. The van der Waals surface area contributed by atoms with Crippen molar-refractivity contribution in [1.82, 2.24) is 9.97 Å². The number of fused-ring (bicyclic) bond motifs is 1. The lowest BCUT2D eigenvalue weighted by atomic mass is 9.87. The van der Waals surface area contributed by atoms with Gasteiger partial charge in [0, 0.05) is 0 Å². The molecule has 0 unspecified atom stereocenters. The van der Waals surface area contributed by atoms with Crippen LogP contribution in [0.3, 0.4) is 0 Å². The van der Waals surface area contributed by atoms with Crippen LogP contribution in [0.25, 0.3) is 11.0 Å². The zero-order valence-corrected chi connectivity index (χ0v) is 8.91. The van der Waals surface area contributed by atoms with Crippen molar-refractivity contribution in [1.29, 1.82) is 5.26 Å². The average molecular weight is 199 g/mol. The van der Waals surface area contributed by atoms with Gasteiger partial charge >= 0.3 is 0 Å². The maximum Gasteiger partial charge on any atom is 0.0931 e. The van der Waals surface area contributed by atoms with Crippen molar-refractivity contribution in [2.24, 2.45) is 5.41 Å².